The van der Waals surface area contributed by atoms with Crippen molar-refractivity contribution in [3.8, 4) is 0 Å². The smallest absolute Gasteiger partial charge is 0.238 e. The summed E-state index contributed by atoms with van der Waals surface area (Å²) in [5.41, 5.74) is 0.745. The number of rotatable bonds is 7. The maximum atomic E-state index is 12.1. The van der Waals surface area contributed by atoms with Crippen molar-refractivity contribution in [2.45, 2.75) is 39.2 Å². The van der Waals surface area contributed by atoms with Gasteiger partial charge >= 0.3 is 0 Å². The SMILES string of the molecule is CC(C)CCCC1CN(CC(=O)Nc2cnn(C)c2)CCO1. The van der Waals surface area contributed by atoms with Crippen molar-refractivity contribution < 1.29 is 9.53 Å². The number of morpholine rings is 1. The molecular weight excluding hydrogens is 280 g/mol. The fourth-order valence-electron chi connectivity index (χ4n) is 2.74. The molecule has 0 bridgehead atoms. The van der Waals surface area contributed by atoms with E-state index in [2.05, 4.69) is 29.2 Å². The fraction of sp³-hybridized carbons (Fsp3) is 0.750. The third kappa shape index (κ3) is 5.77. The maximum Gasteiger partial charge on any atom is 0.238 e. The maximum absolute atomic E-state index is 12.1. The number of carbonyl (C=O) groups is 1. The first kappa shape index (κ1) is 17.0. The molecule has 1 saturated heterocycles. The molecule has 2 rings (SSSR count). The molecule has 0 saturated carbocycles. The molecule has 0 radical (unpaired) electrons. The summed E-state index contributed by atoms with van der Waals surface area (Å²) in [4.78, 5) is 14.2. The molecule has 6 heteroatoms. The fourth-order valence-corrected chi connectivity index (χ4v) is 2.74. The van der Waals surface area contributed by atoms with Crippen molar-refractivity contribution in [2.24, 2.45) is 13.0 Å². The van der Waals surface area contributed by atoms with Crippen molar-refractivity contribution in [2.75, 3.05) is 31.6 Å². The molecule has 1 amide bonds. The van der Waals surface area contributed by atoms with Gasteiger partial charge < -0.3 is 10.1 Å². The number of aryl methyl sites for hydroxylation is 1. The molecule has 6 nitrogen and oxygen atoms in total. The second-order valence-corrected chi connectivity index (χ2v) is 6.50. The van der Waals surface area contributed by atoms with Crippen LogP contribution in [0.15, 0.2) is 12.4 Å². The topological polar surface area (TPSA) is 59.4 Å². The largest absolute Gasteiger partial charge is 0.376 e. The standard InChI is InChI=1S/C16H28N4O2/c1-13(2)5-4-6-15-11-20(7-8-22-15)12-16(21)18-14-9-17-19(3)10-14/h9-10,13,15H,4-8,11-12H2,1-3H3,(H,18,21). The van der Waals surface area contributed by atoms with Gasteiger partial charge in [0.25, 0.3) is 0 Å². The average Bonchev–Trinajstić information content (AvgIpc) is 2.84. The van der Waals surface area contributed by atoms with Crippen LogP contribution in [0.5, 0.6) is 0 Å². The van der Waals surface area contributed by atoms with Gasteiger partial charge in [-0.1, -0.05) is 26.7 Å². The van der Waals surface area contributed by atoms with E-state index in [0.717, 1.165) is 31.1 Å². The van der Waals surface area contributed by atoms with E-state index in [-0.39, 0.29) is 12.0 Å². The zero-order valence-electron chi connectivity index (χ0n) is 13.9. The van der Waals surface area contributed by atoms with Crippen LogP contribution in [0.25, 0.3) is 0 Å². The Morgan fingerprint density at radius 2 is 2.36 bits per heavy atom. The lowest BCUT2D eigenvalue weighted by Gasteiger charge is -2.32. The predicted octanol–water partition coefficient (Wildman–Crippen LogP) is 1.89. The zero-order valence-corrected chi connectivity index (χ0v) is 13.9. The van der Waals surface area contributed by atoms with Crippen LogP contribution in [0.3, 0.4) is 0 Å². The van der Waals surface area contributed by atoms with Crippen molar-refractivity contribution >= 4 is 11.6 Å². The molecule has 1 aromatic heterocycles. The van der Waals surface area contributed by atoms with Gasteiger partial charge in [-0.25, -0.2) is 0 Å². The van der Waals surface area contributed by atoms with Crippen LogP contribution in [0, 0.1) is 5.92 Å². The number of anilines is 1. The van der Waals surface area contributed by atoms with Gasteiger partial charge in [0.05, 0.1) is 31.1 Å². The highest BCUT2D eigenvalue weighted by molar-refractivity contribution is 5.91. The molecule has 2 heterocycles. The Kier molecular flexibility index (Phi) is 6.39. The van der Waals surface area contributed by atoms with Crippen LogP contribution in [-0.4, -0.2) is 52.9 Å². The van der Waals surface area contributed by atoms with Gasteiger partial charge in [0, 0.05) is 26.3 Å². The summed E-state index contributed by atoms with van der Waals surface area (Å²) in [6.45, 7) is 7.29. The minimum absolute atomic E-state index is 0.0100. The van der Waals surface area contributed by atoms with Crippen LogP contribution in [-0.2, 0) is 16.6 Å². The lowest BCUT2D eigenvalue weighted by molar-refractivity contribution is -0.119. The quantitative estimate of drug-likeness (QED) is 0.835. The first-order valence-electron chi connectivity index (χ1n) is 8.15. The Bertz CT molecular complexity index is 472. The van der Waals surface area contributed by atoms with Crippen LogP contribution >= 0.6 is 0 Å². The minimum Gasteiger partial charge on any atom is -0.376 e. The van der Waals surface area contributed by atoms with Crippen LogP contribution in [0.2, 0.25) is 0 Å². The highest BCUT2D eigenvalue weighted by Crippen LogP contribution is 2.14. The lowest BCUT2D eigenvalue weighted by Crippen LogP contribution is -2.45. The van der Waals surface area contributed by atoms with Gasteiger partial charge in [-0.2, -0.15) is 5.10 Å². The Morgan fingerprint density at radius 1 is 1.55 bits per heavy atom. The summed E-state index contributed by atoms with van der Waals surface area (Å²) in [6.07, 6.45) is 7.23. The molecule has 1 unspecified atom stereocenters. The molecule has 1 N–H and O–H groups in total. The lowest BCUT2D eigenvalue weighted by atomic mass is 10.0. The summed E-state index contributed by atoms with van der Waals surface area (Å²) >= 11 is 0. The number of carbonyl (C=O) groups excluding carboxylic acids is 1. The van der Waals surface area contributed by atoms with Crippen LogP contribution in [0.1, 0.15) is 33.1 Å². The van der Waals surface area contributed by atoms with Gasteiger partial charge in [0.15, 0.2) is 0 Å². The highest BCUT2D eigenvalue weighted by atomic mass is 16.5. The number of nitrogens with zero attached hydrogens (tertiary/aromatic N) is 3. The average molecular weight is 308 g/mol. The van der Waals surface area contributed by atoms with Gasteiger partial charge in [0.2, 0.25) is 5.91 Å². The van der Waals surface area contributed by atoms with E-state index in [4.69, 9.17) is 4.74 Å². The molecule has 22 heavy (non-hydrogen) atoms. The van der Waals surface area contributed by atoms with Crippen molar-refractivity contribution in [3.63, 3.8) is 0 Å². The van der Waals surface area contributed by atoms with E-state index in [0.29, 0.717) is 13.2 Å². The molecule has 0 aliphatic carbocycles. The summed E-state index contributed by atoms with van der Waals surface area (Å²) in [5, 5.41) is 6.92. The Hall–Kier alpha value is -1.40. The first-order valence-corrected chi connectivity index (χ1v) is 8.15. The van der Waals surface area contributed by atoms with Crippen molar-refractivity contribution in [1.82, 2.24) is 14.7 Å². The first-order chi connectivity index (χ1) is 10.5. The van der Waals surface area contributed by atoms with E-state index >= 15 is 0 Å². The summed E-state index contributed by atoms with van der Waals surface area (Å²) in [7, 11) is 1.83. The van der Waals surface area contributed by atoms with E-state index in [1.807, 2.05) is 7.05 Å². The predicted molar refractivity (Wildman–Crippen MR) is 86.7 cm³/mol. The number of amides is 1. The van der Waals surface area contributed by atoms with Gasteiger partial charge in [-0.3, -0.25) is 14.4 Å². The Labute approximate surface area is 132 Å². The number of aromatic nitrogens is 2. The van der Waals surface area contributed by atoms with Gasteiger partial charge in [0.1, 0.15) is 0 Å². The summed E-state index contributed by atoms with van der Waals surface area (Å²) in [6, 6.07) is 0. The highest BCUT2D eigenvalue weighted by Gasteiger charge is 2.22. The van der Waals surface area contributed by atoms with Crippen molar-refractivity contribution in [3.05, 3.63) is 12.4 Å². The number of nitrogens with one attached hydrogen (secondary N) is 1. The van der Waals surface area contributed by atoms with Gasteiger partial charge in [-0.05, 0) is 12.3 Å². The second kappa shape index (κ2) is 8.29. The molecule has 0 spiro atoms. The molecular formula is C16H28N4O2. The summed E-state index contributed by atoms with van der Waals surface area (Å²) < 4.78 is 7.48. The third-order valence-electron chi connectivity index (χ3n) is 3.89. The van der Waals surface area contributed by atoms with Crippen LogP contribution in [0.4, 0.5) is 5.69 Å². The number of hydrogen-bond acceptors (Lipinski definition) is 4. The Balaban J connectivity index is 1.71. The molecule has 1 aliphatic rings. The normalized spacial score (nSPS) is 19.5. The molecule has 1 fully saturated rings. The van der Waals surface area contributed by atoms with Crippen LogP contribution < -0.4 is 5.32 Å². The molecule has 124 valence electrons. The molecule has 1 aliphatic heterocycles. The molecule has 1 atom stereocenters. The Morgan fingerprint density at radius 3 is 3.05 bits per heavy atom. The second-order valence-electron chi connectivity index (χ2n) is 6.50. The number of hydrogen-bond donors (Lipinski definition) is 1. The number of ether oxygens (including phenoxy) is 1. The van der Waals surface area contributed by atoms with E-state index in [1.165, 1.54) is 12.8 Å². The van der Waals surface area contributed by atoms with E-state index in [1.54, 1.807) is 17.1 Å². The minimum atomic E-state index is 0.0100. The van der Waals surface area contributed by atoms with Crippen molar-refractivity contribution in [1.29, 1.82) is 0 Å². The van der Waals surface area contributed by atoms with Gasteiger partial charge in [-0.15, -0.1) is 0 Å². The monoisotopic (exact) mass is 308 g/mol. The zero-order chi connectivity index (χ0) is 15.9. The molecule has 0 aromatic carbocycles. The van der Waals surface area contributed by atoms with E-state index < -0.39 is 0 Å². The third-order valence-corrected chi connectivity index (χ3v) is 3.89. The summed E-state index contributed by atoms with van der Waals surface area (Å²) in [5.74, 6) is 0.751. The molecule has 1 aromatic rings. The van der Waals surface area contributed by atoms with E-state index in [9.17, 15) is 4.79 Å².